The van der Waals surface area contributed by atoms with Crippen LogP contribution in [0, 0.1) is 5.82 Å². The van der Waals surface area contributed by atoms with Gasteiger partial charge in [0.15, 0.2) is 0 Å². The Balaban J connectivity index is 1.95. The van der Waals surface area contributed by atoms with Crippen LogP contribution < -0.4 is 0 Å². The highest BCUT2D eigenvalue weighted by Gasteiger charge is 2.34. The molecular weight excluding hydrogens is 391 g/mol. The Morgan fingerprint density at radius 2 is 1.89 bits per heavy atom. The predicted octanol–water partition coefficient (Wildman–Crippen LogP) is 3.53. The van der Waals surface area contributed by atoms with E-state index < -0.39 is 10.0 Å². The molecule has 0 aliphatic heterocycles. The van der Waals surface area contributed by atoms with Gasteiger partial charge in [0.1, 0.15) is 5.82 Å². The van der Waals surface area contributed by atoms with Crippen molar-refractivity contribution in [3.8, 4) is 0 Å². The molecule has 5 nitrogen and oxygen atoms in total. The molecule has 2 aromatic rings. The lowest BCUT2D eigenvalue weighted by Gasteiger charge is -2.24. The van der Waals surface area contributed by atoms with Gasteiger partial charge in [0.05, 0.1) is 15.5 Å². The normalized spacial score (nSPS) is 14.4. The molecule has 0 bridgehead atoms. The maximum atomic E-state index is 13.5. The van der Waals surface area contributed by atoms with E-state index in [0.29, 0.717) is 5.56 Å². The third-order valence-corrected chi connectivity index (χ3v) is 6.58. The summed E-state index contributed by atoms with van der Waals surface area (Å²) >= 11 is 6.20. The van der Waals surface area contributed by atoms with Crippen LogP contribution in [0.2, 0.25) is 5.02 Å². The van der Waals surface area contributed by atoms with E-state index in [4.69, 9.17) is 11.6 Å². The van der Waals surface area contributed by atoms with Gasteiger partial charge in [0, 0.05) is 26.7 Å². The van der Waals surface area contributed by atoms with Crippen molar-refractivity contribution in [2.75, 3.05) is 14.1 Å². The summed E-state index contributed by atoms with van der Waals surface area (Å²) in [4.78, 5) is 14.8. The summed E-state index contributed by atoms with van der Waals surface area (Å²) in [5.74, 6) is -0.727. The van der Waals surface area contributed by atoms with Crippen LogP contribution in [0.15, 0.2) is 47.4 Å². The van der Waals surface area contributed by atoms with Crippen LogP contribution in [0.3, 0.4) is 0 Å². The number of carbonyl (C=O) groups excluding carboxylic acids is 1. The van der Waals surface area contributed by atoms with Gasteiger partial charge in [0.25, 0.3) is 5.91 Å². The quantitative estimate of drug-likeness (QED) is 0.732. The number of halogens is 2. The number of nitrogens with zero attached hydrogens (tertiary/aromatic N) is 2. The lowest BCUT2D eigenvalue weighted by Crippen LogP contribution is -2.33. The first kappa shape index (κ1) is 19.8. The molecule has 0 spiro atoms. The summed E-state index contributed by atoms with van der Waals surface area (Å²) in [6.07, 6.45) is 1.71. The fourth-order valence-corrected chi connectivity index (χ4v) is 3.91. The number of rotatable bonds is 6. The van der Waals surface area contributed by atoms with Gasteiger partial charge in [-0.3, -0.25) is 4.79 Å². The maximum Gasteiger partial charge on any atom is 0.255 e. The molecule has 8 heteroatoms. The molecule has 1 fully saturated rings. The molecule has 0 saturated heterocycles. The lowest BCUT2D eigenvalue weighted by molar-refractivity contribution is 0.0729. The van der Waals surface area contributed by atoms with Crippen molar-refractivity contribution in [3.05, 3.63) is 64.4 Å². The minimum atomic E-state index is -3.69. The first-order valence-electron chi connectivity index (χ1n) is 8.47. The van der Waals surface area contributed by atoms with E-state index in [1.807, 2.05) is 0 Å². The van der Waals surface area contributed by atoms with E-state index in [0.717, 1.165) is 17.1 Å². The van der Waals surface area contributed by atoms with Crippen LogP contribution in [0.4, 0.5) is 4.39 Å². The number of benzene rings is 2. The molecule has 0 radical (unpaired) electrons. The molecule has 0 atom stereocenters. The van der Waals surface area contributed by atoms with Crippen LogP contribution >= 0.6 is 11.6 Å². The number of amides is 1. The number of carbonyl (C=O) groups is 1. The van der Waals surface area contributed by atoms with Crippen molar-refractivity contribution in [2.24, 2.45) is 0 Å². The average Bonchev–Trinajstić information content (AvgIpc) is 3.44. The monoisotopic (exact) mass is 410 g/mol. The second-order valence-electron chi connectivity index (χ2n) is 6.72. The van der Waals surface area contributed by atoms with Crippen molar-refractivity contribution < 1.29 is 17.6 Å². The predicted molar refractivity (Wildman–Crippen MR) is 102 cm³/mol. The SMILES string of the molecule is CN(C)S(=O)(=O)c1ccc(Cl)c(C(=O)N(Cc2cccc(F)c2)C2CC2)c1. The molecule has 0 aromatic heterocycles. The topological polar surface area (TPSA) is 57.7 Å². The maximum absolute atomic E-state index is 13.5. The van der Waals surface area contributed by atoms with Gasteiger partial charge in [-0.15, -0.1) is 0 Å². The Hall–Kier alpha value is -1.96. The number of hydrogen-bond donors (Lipinski definition) is 0. The van der Waals surface area contributed by atoms with Crippen molar-refractivity contribution in [1.29, 1.82) is 0 Å². The Morgan fingerprint density at radius 1 is 1.19 bits per heavy atom. The standard InChI is InChI=1S/C19H20ClFN2O3S/c1-22(2)27(25,26)16-8-9-18(20)17(11-16)19(24)23(15-6-7-15)12-13-4-3-5-14(21)10-13/h3-5,8-11,15H,6-7,12H2,1-2H3. The highest BCUT2D eigenvalue weighted by Crippen LogP contribution is 2.32. The van der Waals surface area contributed by atoms with Gasteiger partial charge >= 0.3 is 0 Å². The van der Waals surface area contributed by atoms with Crippen molar-refractivity contribution in [1.82, 2.24) is 9.21 Å². The molecule has 27 heavy (non-hydrogen) atoms. The fourth-order valence-electron chi connectivity index (χ4n) is 2.78. The van der Waals surface area contributed by atoms with E-state index in [2.05, 4.69) is 0 Å². The summed E-state index contributed by atoms with van der Waals surface area (Å²) in [5, 5.41) is 0.183. The lowest BCUT2D eigenvalue weighted by atomic mass is 10.1. The van der Waals surface area contributed by atoms with Gasteiger partial charge in [-0.05, 0) is 48.7 Å². The van der Waals surface area contributed by atoms with Crippen LogP contribution in [0.1, 0.15) is 28.8 Å². The highest BCUT2D eigenvalue weighted by atomic mass is 35.5. The molecule has 3 rings (SSSR count). The van der Waals surface area contributed by atoms with E-state index in [1.54, 1.807) is 17.0 Å². The summed E-state index contributed by atoms with van der Waals surface area (Å²) in [7, 11) is -0.845. The summed E-state index contributed by atoms with van der Waals surface area (Å²) < 4.78 is 39.3. The van der Waals surface area contributed by atoms with Crippen molar-refractivity contribution in [3.63, 3.8) is 0 Å². The summed E-state index contributed by atoms with van der Waals surface area (Å²) in [6, 6.07) is 10.2. The first-order chi connectivity index (χ1) is 12.7. The second-order valence-corrected chi connectivity index (χ2v) is 9.28. The Morgan fingerprint density at radius 3 is 2.48 bits per heavy atom. The Bertz CT molecular complexity index is 975. The molecule has 0 unspecified atom stereocenters. The fraction of sp³-hybridized carbons (Fsp3) is 0.316. The molecule has 0 heterocycles. The average molecular weight is 411 g/mol. The smallest absolute Gasteiger partial charge is 0.255 e. The second kappa shape index (κ2) is 7.58. The molecule has 1 aliphatic rings. The minimum Gasteiger partial charge on any atom is -0.331 e. The molecule has 1 aliphatic carbocycles. The van der Waals surface area contributed by atoms with E-state index in [-0.39, 0.29) is 39.8 Å². The van der Waals surface area contributed by atoms with Gasteiger partial charge in [0.2, 0.25) is 10.0 Å². The molecular formula is C19H20ClFN2O3S. The van der Waals surface area contributed by atoms with Gasteiger partial charge < -0.3 is 4.90 Å². The van der Waals surface area contributed by atoms with Crippen LogP contribution in [-0.2, 0) is 16.6 Å². The first-order valence-corrected chi connectivity index (χ1v) is 10.3. The Kier molecular flexibility index (Phi) is 5.55. The van der Waals surface area contributed by atoms with Gasteiger partial charge in [-0.25, -0.2) is 17.1 Å². The minimum absolute atomic E-state index is 0.00162. The molecule has 0 N–H and O–H groups in total. The highest BCUT2D eigenvalue weighted by molar-refractivity contribution is 7.89. The number of hydrogen-bond acceptors (Lipinski definition) is 3. The van der Waals surface area contributed by atoms with Crippen LogP contribution in [-0.4, -0.2) is 43.7 Å². The van der Waals surface area contributed by atoms with E-state index in [1.165, 1.54) is 44.4 Å². The number of sulfonamides is 1. The third-order valence-electron chi connectivity index (χ3n) is 4.44. The molecule has 1 amide bonds. The van der Waals surface area contributed by atoms with Crippen LogP contribution in [0.5, 0.6) is 0 Å². The Labute approximate surface area is 163 Å². The zero-order valence-electron chi connectivity index (χ0n) is 15.0. The third kappa shape index (κ3) is 4.31. The van der Waals surface area contributed by atoms with Gasteiger partial charge in [-0.1, -0.05) is 23.7 Å². The molecule has 1 saturated carbocycles. The van der Waals surface area contributed by atoms with E-state index in [9.17, 15) is 17.6 Å². The zero-order chi connectivity index (χ0) is 19.8. The zero-order valence-corrected chi connectivity index (χ0v) is 16.6. The summed E-state index contributed by atoms with van der Waals surface area (Å²) in [5.41, 5.74) is 0.798. The van der Waals surface area contributed by atoms with Gasteiger partial charge in [-0.2, -0.15) is 0 Å². The molecule has 2 aromatic carbocycles. The summed E-state index contributed by atoms with van der Waals surface area (Å²) in [6.45, 7) is 0.238. The van der Waals surface area contributed by atoms with Crippen LogP contribution in [0.25, 0.3) is 0 Å². The van der Waals surface area contributed by atoms with Crippen molar-refractivity contribution >= 4 is 27.5 Å². The molecule has 144 valence electrons. The van der Waals surface area contributed by atoms with Crippen molar-refractivity contribution in [2.45, 2.75) is 30.3 Å². The largest absolute Gasteiger partial charge is 0.331 e. The van der Waals surface area contributed by atoms with E-state index >= 15 is 0 Å².